The van der Waals surface area contributed by atoms with E-state index < -0.39 is 5.60 Å². The second-order valence-corrected chi connectivity index (χ2v) is 11.2. The van der Waals surface area contributed by atoms with Gasteiger partial charge in [-0.15, -0.1) is 0 Å². The number of rotatable bonds is 3. The maximum absolute atomic E-state index is 12.4. The van der Waals surface area contributed by atoms with Crippen molar-refractivity contribution < 1.29 is 14.6 Å². The summed E-state index contributed by atoms with van der Waals surface area (Å²) in [6.45, 7) is 6.28. The fourth-order valence-electron chi connectivity index (χ4n) is 8.21. The first-order valence-electron chi connectivity index (χ1n) is 12.1. The Morgan fingerprint density at radius 1 is 1.07 bits per heavy atom. The molecule has 6 atom stereocenters. The molecular weight excluding hydrogens is 360 g/mol. The smallest absolute Gasteiger partial charge is 0.161 e. The Morgan fingerprint density at radius 2 is 1.79 bits per heavy atom. The summed E-state index contributed by atoms with van der Waals surface area (Å²) in [6.07, 6.45) is 17.5. The van der Waals surface area contributed by atoms with Crippen LogP contribution in [0, 0.1) is 28.6 Å². The number of hydrogen-bond donors (Lipinski definition) is 1. The Hall–Kier alpha value is -1.09. The van der Waals surface area contributed by atoms with E-state index in [1.807, 2.05) is 0 Å². The minimum Gasteiger partial charge on any atom is -0.495 e. The molecule has 29 heavy (non-hydrogen) atoms. The molecule has 5 aliphatic rings. The lowest BCUT2D eigenvalue weighted by molar-refractivity contribution is -0.158. The number of aliphatic hydroxyl groups is 1. The predicted octanol–water partition coefficient (Wildman–Crippen LogP) is 5.72. The molecule has 0 spiro atoms. The molecular formula is C26H38O3. The van der Waals surface area contributed by atoms with Gasteiger partial charge in [-0.3, -0.25) is 4.79 Å². The zero-order valence-electron chi connectivity index (χ0n) is 18.5. The van der Waals surface area contributed by atoms with E-state index in [0.717, 1.165) is 32.1 Å². The summed E-state index contributed by atoms with van der Waals surface area (Å²) in [7, 11) is 0. The third-order valence-corrected chi connectivity index (χ3v) is 10.1. The van der Waals surface area contributed by atoms with Crippen LogP contribution in [0.2, 0.25) is 0 Å². The topological polar surface area (TPSA) is 46.5 Å². The van der Waals surface area contributed by atoms with E-state index in [4.69, 9.17) is 4.74 Å². The Bertz CT molecular complexity index is 760. The minimum absolute atomic E-state index is 0.0199. The zero-order chi connectivity index (χ0) is 20.4. The SMILES string of the molecule is CC(=O)C1(O)CCC2C3CC=C4C=C(OC5CCCC5)CCC4(C)C3CCC21C. The van der Waals surface area contributed by atoms with Gasteiger partial charge in [0.25, 0.3) is 0 Å². The highest BCUT2D eigenvalue weighted by atomic mass is 16.5. The normalized spacial score (nSPS) is 47.0. The monoisotopic (exact) mass is 398 g/mol. The van der Waals surface area contributed by atoms with E-state index in [0.29, 0.717) is 30.3 Å². The number of ketones is 1. The van der Waals surface area contributed by atoms with Gasteiger partial charge in [-0.05, 0) is 106 Å². The molecule has 0 aromatic carbocycles. The molecule has 160 valence electrons. The van der Waals surface area contributed by atoms with Crippen molar-refractivity contribution in [1.82, 2.24) is 0 Å². The number of allylic oxidation sites excluding steroid dienone is 4. The molecule has 3 heteroatoms. The van der Waals surface area contributed by atoms with E-state index in [1.54, 1.807) is 6.92 Å². The van der Waals surface area contributed by atoms with Crippen LogP contribution in [0.5, 0.6) is 0 Å². The van der Waals surface area contributed by atoms with Crippen molar-refractivity contribution in [3.05, 3.63) is 23.5 Å². The highest BCUT2D eigenvalue weighted by molar-refractivity contribution is 5.86. The summed E-state index contributed by atoms with van der Waals surface area (Å²) in [4.78, 5) is 12.4. The molecule has 0 saturated heterocycles. The molecule has 0 aliphatic heterocycles. The summed E-state index contributed by atoms with van der Waals surface area (Å²) >= 11 is 0. The van der Waals surface area contributed by atoms with Gasteiger partial charge in [0.05, 0.1) is 11.9 Å². The molecule has 0 radical (unpaired) electrons. The molecule has 3 saturated carbocycles. The van der Waals surface area contributed by atoms with E-state index in [2.05, 4.69) is 26.0 Å². The molecule has 3 nitrogen and oxygen atoms in total. The predicted molar refractivity (Wildman–Crippen MR) is 114 cm³/mol. The summed E-state index contributed by atoms with van der Waals surface area (Å²) in [6, 6.07) is 0. The van der Waals surface area contributed by atoms with Crippen molar-refractivity contribution in [3.63, 3.8) is 0 Å². The van der Waals surface area contributed by atoms with E-state index in [-0.39, 0.29) is 16.6 Å². The lowest BCUT2D eigenvalue weighted by Crippen LogP contribution is -2.56. The number of fused-ring (bicyclic) bond motifs is 5. The molecule has 1 N–H and O–H groups in total. The summed E-state index contributed by atoms with van der Waals surface area (Å²) in [5.74, 6) is 2.92. The van der Waals surface area contributed by atoms with E-state index in [9.17, 15) is 9.90 Å². The first-order valence-corrected chi connectivity index (χ1v) is 12.1. The minimum atomic E-state index is -1.11. The third kappa shape index (κ3) is 2.75. The van der Waals surface area contributed by atoms with Crippen molar-refractivity contribution in [2.45, 2.75) is 103 Å². The molecule has 0 aromatic heterocycles. The summed E-state index contributed by atoms with van der Waals surface area (Å²) < 4.78 is 6.37. The first-order chi connectivity index (χ1) is 13.8. The maximum atomic E-state index is 12.4. The van der Waals surface area contributed by atoms with Crippen LogP contribution in [0.1, 0.15) is 91.4 Å². The fraction of sp³-hybridized carbons (Fsp3) is 0.808. The van der Waals surface area contributed by atoms with Gasteiger partial charge in [0, 0.05) is 11.8 Å². The number of hydrogen-bond acceptors (Lipinski definition) is 3. The van der Waals surface area contributed by atoms with Crippen LogP contribution in [-0.4, -0.2) is 22.6 Å². The van der Waals surface area contributed by atoms with Crippen molar-refractivity contribution in [3.8, 4) is 0 Å². The van der Waals surface area contributed by atoms with Gasteiger partial charge in [0.2, 0.25) is 0 Å². The Balaban J connectivity index is 1.41. The van der Waals surface area contributed by atoms with Gasteiger partial charge in [-0.25, -0.2) is 0 Å². The zero-order valence-corrected chi connectivity index (χ0v) is 18.5. The lowest BCUT2D eigenvalue weighted by atomic mass is 9.47. The molecule has 3 fully saturated rings. The van der Waals surface area contributed by atoms with Gasteiger partial charge in [0.1, 0.15) is 5.60 Å². The average Bonchev–Trinajstić information content (AvgIpc) is 3.29. The molecule has 5 rings (SSSR count). The van der Waals surface area contributed by atoms with Gasteiger partial charge >= 0.3 is 0 Å². The largest absolute Gasteiger partial charge is 0.495 e. The molecule has 0 heterocycles. The Kier molecular flexibility index (Phi) is 4.59. The van der Waals surface area contributed by atoms with E-state index in [1.165, 1.54) is 43.4 Å². The standard InChI is InChI=1S/C26H38O3/c1-17(27)26(28)15-12-23-21-9-8-18-16-20(29-19-6-4-5-7-19)10-13-24(18,2)22(21)11-14-25(23,26)3/h8,16,19,21-23,28H,4-7,9-15H2,1-3H3. The number of carbonyl (C=O) groups is 1. The molecule has 0 amide bonds. The number of carbonyl (C=O) groups excluding carboxylic acids is 1. The van der Waals surface area contributed by atoms with Crippen LogP contribution in [0.4, 0.5) is 0 Å². The summed E-state index contributed by atoms with van der Waals surface area (Å²) in [5.41, 5.74) is 0.371. The second kappa shape index (κ2) is 6.70. The van der Waals surface area contributed by atoms with Crippen molar-refractivity contribution in [1.29, 1.82) is 0 Å². The quantitative estimate of drug-likeness (QED) is 0.661. The molecule has 0 aromatic rings. The highest BCUT2D eigenvalue weighted by Gasteiger charge is 2.65. The summed E-state index contributed by atoms with van der Waals surface area (Å²) in [5, 5.41) is 11.3. The van der Waals surface area contributed by atoms with Gasteiger partial charge in [0.15, 0.2) is 5.78 Å². The third-order valence-electron chi connectivity index (χ3n) is 10.1. The van der Waals surface area contributed by atoms with Crippen LogP contribution >= 0.6 is 0 Å². The van der Waals surface area contributed by atoms with Crippen LogP contribution in [0.25, 0.3) is 0 Å². The lowest BCUT2D eigenvalue weighted by Gasteiger charge is -2.57. The first kappa shape index (κ1) is 19.8. The van der Waals surface area contributed by atoms with Crippen molar-refractivity contribution in [2.24, 2.45) is 28.6 Å². The second-order valence-electron chi connectivity index (χ2n) is 11.2. The van der Waals surface area contributed by atoms with Crippen LogP contribution < -0.4 is 0 Å². The number of ether oxygens (including phenoxy) is 1. The van der Waals surface area contributed by atoms with Gasteiger partial charge < -0.3 is 9.84 Å². The molecule has 0 bridgehead atoms. The fourth-order valence-corrected chi connectivity index (χ4v) is 8.21. The van der Waals surface area contributed by atoms with Crippen LogP contribution in [0.15, 0.2) is 23.5 Å². The van der Waals surface area contributed by atoms with Crippen LogP contribution in [-0.2, 0) is 9.53 Å². The Labute approximate surface area is 176 Å². The molecule has 6 unspecified atom stereocenters. The maximum Gasteiger partial charge on any atom is 0.161 e. The molecule has 5 aliphatic carbocycles. The van der Waals surface area contributed by atoms with Crippen molar-refractivity contribution in [2.75, 3.05) is 0 Å². The average molecular weight is 399 g/mol. The van der Waals surface area contributed by atoms with E-state index >= 15 is 0 Å². The van der Waals surface area contributed by atoms with Gasteiger partial charge in [-0.2, -0.15) is 0 Å². The van der Waals surface area contributed by atoms with Crippen LogP contribution in [0.3, 0.4) is 0 Å². The number of Topliss-reactive ketones (excluding diaryl/α,β-unsaturated/α-hetero) is 1. The highest BCUT2D eigenvalue weighted by Crippen LogP contribution is 2.67. The van der Waals surface area contributed by atoms with Crippen molar-refractivity contribution >= 4 is 5.78 Å². The Morgan fingerprint density at radius 3 is 2.52 bits per heavy atom. The van der Waals surface area contributed by atoms with Gasteiger partial charge in [-0.1, -0.05) is 19.9 Å².